The van der Waals surface area contributed by atoms with E-state index in [1.54, 1.807) is 50.2 Å². The number of halogens is 3. The summed E-state index contributed by atoms with van der Waals surface area (Å²) in [5, 5.41) is 20.4. The summed E-state index contributed by atoms with van der Waals surface area (Å²) in [6.45, 7) is 3.60. The number of hydrogen-bond donors (Lipinski definition) is 4. The minimum absolute atomic E-state index is 0.122. The van der Waals surface area contributed by atoms with Crippen molar-refractivity contribution in [1.82, 2.24) is 16.1 Å². The number of nitrogens with one attached hydrogen (secondary N) is 3. The Morgan fingerprint density at radius 1 is 1.11 bits per heavy atom. The molecule has 2 atom stereocenters. The molecule has 0 fully saturated rings. The summed E-state index contributed by atoms with van der Waals surface area (Å²) in [4.78, 5) is 24.6. The van der Waals surface area contributed by atoms with Gasteiger partial charge in [0, 0.05) is 16.3 Å². The molecule has 0 unspecified atom stereocenters. The predicted octanol–water partition coefficient (Wildman–Crippen LogP) is 5.23. The molecule has 2 amide bonds. The molecule has 1 aliphatic rings. The van der Waals surface area contributed by atoms with Crippen LogP contribution in [0.4, 0.5) is 9.18 Å². The molecule has 1 aliphatic heterocycles. The molecule has 238 valence electrons. The van der Waals surface area contributed by atoms with E-state index in [4.69, 9.17) is 42.1 Å². The van der Waals surface area contributed by atoms with Crippen LogP contribution in [0.2, 0.25) is 10.0 Å². The molecular formula is C31H31Cl2FN4O7. The third kappa shape index (κ3) is 8.78. The van der Waals surface area contributed by atoms with E-state index in [0.717, 1.165) is 5.56 Å². The molecule has 14 heteroatoms. The zero-order chi connectivity index (χ0) is 32.5. The Morgan fingerprint density at radius 2 is 1.87 bits per heavy atom. The largest absolute Gasteiger partial charge is 0.490 e. The van der Waals surface area contributed by atoms with Gasteiger partial charge in [-0.3, -0.25) is 5.43 Å². The van der Waals surface area contributed by atoms with Crippen LogP contribution < -0.4 is 30.3 Å². The van der Waals surface area contributed by atoms with Crippen LogP contribution in [0, 0.1) is 5.82 Å². The van der Waals surface area contributed by atoms with Crippen molar-refractivity contribution in [3.63, 3.8) is 0 Å². The van der Waals surface area contributed by atoms with Crippen molar-refractivity contribution in [3.05, 3.63) is 98.4 Å². The summed E-state index contributed by atoms with van der Waals surface area (Å²) >= 11 is 12.5. The van der Waals surface area contributed by atoms with Crippen LogP contribution in [0.5, 0.6) is 17.2 Å². The molecule has 3 aromatic rings. The summed E-state index contributed by atoms with van der Waals surface area (Å²) in [5.74, 6) is -0.0103. The normalized spacial score (nSPS) is 15.3. The van der Waals surface area contributed by atoms with Crippen molar-refractivity contribution in [2.75, 3.05) is 20.3 Å². The van der Waals surface area contributed by atoms with Gasteiger partial charge in [-0.2, -0.15) is 5.10 Å². The second-order valence-electron chi connectivity index (χ2n) is 9.64. The van der Waals surface area contributed by atoms with E-state index < -0.39 is 24.3 Å². The number of ether oxygens (including phenoxy) is 4. The maximum Gasteiger partial charge on any atom is 0.337 e. The van der Waals surface area contributed by atoms with Gasteiger partial charge in [-0.1, -0.05) is 41.4 Å². The molecule has 0 bridgehead atoms. The second kappa shape index (κ2) is 15.5. The van der Waals surface area contributed by atoms with E-state index in [9.17, 15) is 19.1 Å². The Balaban J connectivity index is 1.42. The van der Waals surface area contributed by atoms with Crippen LogP contribution in [0.15, 0.2) is 71.0 Å². The van der Waals surface area contributed by atoms with Gasteiger partial charge in [0.05, 0.1) is 36.6 Å². The van der Waals surface area contributed by atoms with Crippen LogP contribution in [-0.2, 0) is 16.1 Å². The number of carbonyl (C=O) groups excluding carboxylic acids is 2. The summed E-state index contributed by atoms with van der Waals surface area (Å²) in [7, 11) is 1.26. The number of rotatable bonds is 13. The maximum atomic E-state index is 13.2. The molecule has 11 nitrogen and oxygen atoms in total. The molecule has 45 heavy (non-hydrogen) atoms. The smallest absolute Gasteiger partial charge is 0.337 e. The lowest BCUT2D eigenvalue weighted by Gasteiger charge is -2.28. The number of amides is 2. The SMILES string of the molecule is CCOc1cc([C@@H]2NC(=O)NC(C)=C2C(=O)OC)ccc1OC[C@@H](O)N/N=C/c1cc(Cl)cc(Cl)c1OCc1ccc(F)cc1. The average Bonchev–Trinajstić information content (AvgIpc) is 3.00. The summed E-state index contributed by atoms with van der Waals surface area (Å²) in [5.41, 5.74) is 4.90. The van der Waals surface area contributed by atoms with E-state index in [2.05, 4.69) is 21.2 Å². The van der Waals surface area contributed by atoms with E-state index in [-0.39, 0.29) is 29.6 Å². The molecule has 4 N–H and O–H groups in total. The number of hydrazone groups is 1. The van der Waals surface area contributed by atoms with E-state index in [1.165, 1.54) is 31.5 Å². The Bertz CT molecular complexity index is 1600. The Kier molecular flexibility index (Phi) is 11.5. The summed E-state index contributed by atoms with van der Waals surface area (Å²) in [6.07, 6.45) is 0.136. The number of methoxy groups -OCH3 is 1. The summed E-state index contributed by atoms with van der Waals surface area (Å²) in [6, 6.07) is 12.6. The van der Waals surface area contributed by atoms with Crippen molar-refractivity contribution >= 4 is 41.4 Å². The highest BCUT2D eigenvalue weighted by Crippen LogP contribution is 2.35. The minimum atomic E-state index is -1.24. The Hall–Kier alpha value is -4.52. The topological polar surface area (TPSA) is 140 Å². The fourth-order valence-corrected chi connectivity index (χ4v) is 4.94. The minimum Gasteiger partial charge on any atom is -0.490 e. The monoisotopic (exact) mass is 660 g/mol. The van der Waals surface area contributed by atoms with Gasteiger partial charge in [-0.05, 0) is 61.4 Å². The van der Waals surface area contributed by atoms with Gasteiger partial charge < -0.3 is 34.7 Å². The summed E-state index contributed by atoms with van der Waals surface area (Å²) < 4.78 is 35.5. The lowest BCUT2D eigenvalue weighted by Crippen LogP contribution is -2.45. The first kappa shape index (κ1) is 33.4. The Morgan fingerprint density at radius 3 is 2.58 bits per heavy atom. The van der Waals surface area contributed by atoms with Crippen LogP contribution in [-0.4, -0.2) is 49.9 Å². The molecule has 0 saturated heterocycles. The van der Waals surface area contributed by atoms with E-state index in [1.807, 2.05) is 0 Å². The molecule has 0 saturated carbocycles. The van der Waals surface area contributed by atoms with Crippen LogP contribution >= 0.6 is 23.2 Å². The molecule has 3 aromatic carbocycles. The highest BCUT2D eigenvalue weighted by atomic mass is 35.5. The second-order valence-corrected chi connectivity index (χ2v) is 10.5. The van der Waals surface area contributed by atoms with Gasteiger partial charge in [-0.15, -0.1) is 0 Å². The van der Waals surface area contributed by atoms with Crippen LogP contribution in [0.3, 0.4) is 0 Å². The van der Waals surface area contributed by atoms with E-state index >= 15 is 0 Å². The molecule has 0 aromatic heterocycles. The van der Waals surface area contributed by atoms with Gasteiger partial charge in [0.2, 0.25) is 0 Å². The fourth-order valence-electron chi connectivity index (χ4n) is 4.38. The third-order valence-corrected chi connectivity index (χ3v) is 6.93. The number of aliphatic hydroxyl groups excluding tert-OH is 1. The lowest BCUT2D eigenvalue weighted by molar-refractivity contribution is -0.136. The van der Waals surface area contributed by atoms with Crippen molar-refractivity contribution in [2.45, 2.75) is 32.7 Å². The number of benzene rings is 3. The van der Waals surface area contributed by atoms with Crippen molar-refractivity contribution in [3.8, 4) is 17.2 Å². The average molecular weight is 662 g/mol. The Labute approximate surface area is 268 Å². The zero-order valence-corrected chi connectivity index (χ0v) is 26.0. The molecule has 0 spiro atoms. The molecule has 0 aliphatic carbocycles. The van der Waals surface area contributed by atoms with Crippen LogP contribution in [0.1, 0.15) is 36.6 Å². The third-order valence-electron chi connectivity index (χ3n) is 6.43. The fraction of sp³-hybridized carbons (Fsp3) is 0.258. The first-order valence-electron chi connectivity index (χ1n) is 13.7. The molecule has 1 heterocycles. The van der Waals surface area contributed by atoms with Crippen molar-refractivity contribution in [1.29, 1.82) is 0 Å². The number of allylic oxidation sites excluding steroid dienone is 1. The number of urea groups is 1. The van der Waals surface area contributed by atoms with Crippen LogP contribution in [0.25, 0.3) is 0 Å². The van der Waals surface area contributed by atoms with E-state index in [0.29, 0.717) is 45.7 Å². The first-order chi connectivity index (χ1) is 21.6. The maximum absolute atomic E-state index is 13.2. The zero-order valence-electron chi connectivity index (χ0n) is 24.5. The van der Waals surface area contributed by atoms with Gasteiger partial charge in [0.15, 0.2) is 17.7 Å². The highest BCUT2D eigenvalue weighted by Gasteiger charge is 2.32. The number of carbonyl (C=O) groups is 2. The molecular weight excluding hydrogens is 630 g/mol. The quantitative estimate of drug-likeness (QED) is 0.0846. The van der Waals surface area contributed by atoms with Crippen molar-refractivity contribution in [2.24, 2.45) is 5.10 Å². The standard InChI is InChI=1S/C31H31Cl2FN4O7/c1-4-43-25-12-19(28-27(30(40)42-3)17(2)36-31(41)37-28)7-10-24(25)44-16-26(39)38-35-14-20-11-21(32)13-23(33)29(20)45-15-18-5-8-22(34)9-6-18/h5-14,26,28,38-39H,4,15-16H2,1-3H3,(H2,36,37,41)/b35-14+/t26-,28+/m1/s1. The van der Waals surface area contributed by atoms with Gasteiger partial charge in [-0.25, -0.2) is 14.0 Å². The first-order valence-corrected chi connectivity index (χ1v) is 14.4. The van der Waals surface area contributed by atoms with Gasteiger partial charge in [0.1, 0.15) is 24.8 Å². The predicted molar refractivity (Wildman–Crippen MR) is 166 cm³/mol. The van der Waals surface area contributed by atoms with Gasteiger partial charge in [0.25, 0.3) is 0 Å². The number of hydrogen-bond acceptors (Lipinski definition) is 9. The number of aliphatic hydroxyl groups is 1. The van der Waals surface area contributed by atoms with Crippen molar-refractivity contribution < 1.29 is 38.0 Å². The molecule has 0 radical (unpaired) electrons. The number of nitrogens with zero attached hydrogens (tertiary/aromatic N) is 1. The van der Waals surface area contributed by atoms with Gasteiger partial charge >= 0.3 is 12.0 Å². The number of esters is 1. The highest BCUT2D eigenvalue weighted by molar-refractivity contribution is 6.36. The molecule has 4 rings (SSSR count). The lowest BCUT2D eigenvalue weighted by atomic mass is 9.95.